The van der Waals surface area contributed by atoms with Gasteiger partial charge in [0, 0.05) is 17.7 Å². The molecule has 106 valence electrons. The Kier molecular flexibility index (Phi) is 4.97. The lowest BCUT2D eigenvalue weighted by atomic mass is 10.1. The first kappa shape index (κ1) is 14.6. The predicted octanol–water partition coefficient (Wildman–Crippen LogP) is 1.63. The molecule has 1 amide bonds. The van der Waals surface area contributed by atoms with E-state index in [1.54, 1.807) is 12.1 Å². The second kappa shape index (κ2) is 7.13. The number of aromatic hydroxyl groups is 1. The van der Waals surface area contributed by atoms with Crippen molar-refractivity contribution < 1.29 is 9.90 Å². The summed E-state index contributed by atoms with van der Waals surface area (Å²) in [6.07, 6.45) is 0. The monoisotopic (exact) mass is 280 g/mol. The van der Waals surface area contributed by atoms with E-state index in [-0.39, 0.29) is 11.7 Å². The molecular formula is C17H16N2O2. The average molecular weight is 280 g/mol. The molecule has 0 bridgehead atoms. The van der Waals surface area contributed by atoms with Crippen LogP contribution in [0.2, 0.25) is 0 Å². The molecule has 0 saturated carbocycles. The number of rotatable bonds is 3. The molecule has 0 spiro atoms. The number of nitrogens with two attached hydrogens (primary N) is 1. The van der Waals surface area contributed by atoms with Gasteiger partial charge in [-0.05, 0) is 42.0 Å². The number of phenols is 1. The van der Waals surface area contributed by atoms with Crippen LogP contribution in [0.25, 0.3) is 0 Å². The topological polar surface area (TPSA) is 75.3 Å². The van der Waals surface area contributed by atoms with Crippen LogP contribution in [0.15, 0.2) is 48.5 Å². The zero-order valence-electron chi connectivity index (χ0n) is 11.5. The number of carbonyl (C=O) groups excluding carboxylic acids is 1. The van der Waals surface area contributed by atoms with E-state index in [4.69, 9.17) is 5.73 Å². The second-order valence-electron chi connectivity index (χ2n) is 4.44. The molecule has 2 rings (SSSR count). The SMILES string of the molecule is NCC#Cc1cccc(CNC(=O)c2ccc(O)cc2)c1. The first-order valence-electron chi connectivity index (χ1n) is 6.54. The van der Waals surface area contributed by atoms with Crippen LogP contribution in [0, 0.1) is 11.8 Å². The molecule has 0 unspecified atom stereocenters. The first-order chi connectivity index (χ1) is 10.2. The van der Waals surface area contributed by atoms with E-state index in [1.807, 2.05) is 24.3 Å². The predicted molar refractivity (Wildman–Crippen MR) is 81.7 cm³/mol. The van der Waals surface area contributed by atoms with Crippen LogP contribution in [0.1, 0.15) is 21.5 Å². The highest BCUT2D eigenvalue weighted by Gasteiger charge is 2.05. The molecule has 0 atom stereocenters. The summed E-state index contributed by atoms with van der Waals surface area (Å²) in [5, 5.41) is 12.0. The number of phenolic OH excluding ortho intramolecular Hbond substituents is 1. The van der Waals surface area contributed by atoms with Crippen LogP contribution in [-0.2, 0) is 6.54 Å². The third-order valence-electron chi connectivity index (χ3n) is 2.84. The fraction of sp³-hybridized carbons (Fsp3) is 0.118. The van der Waals surface area contributed by atoms with Gasteiger partial charge in [0.05, 0.1) is 6.54 Å². The quantitative estimate of drug-likeness (QED) is 0.748. The Labute approximate surface area is 123 Å². The molecule has 4 N–H and O–H groups in total. The van der Waals surface area contributed by atoms with Crippen molar-refractivity contribution in [1.82, 2.24) is 5.32 Å². The van der Waals surface area contributed by atoms with Crippen molar-refractivity contribution in [2.45, 2.75) is 6.54 Å². The number of amides is 1. The van der Waals surface area contributed by atoms with Gasteiger partial charge in [0.2, 0.25) is 0 Å². The molecule has 0 aliphatic carbocycles. The minimum Gasteiger partial charge on any atom is -0.508 e. The Bertz CT molecular complexity index is 682. The summed E-state index contributed by atoms with van der Waals surface area (Å²) in [6.45, 7) is 0.736. The van der Waals surface area contributed by atoms with E-state index in [2.05, 4.69) is 17.2 Å². The van der Waals surface area contributed by atoms with Crippen LogP contribution in [0.4, 0.5) is 0 Å². The number of hydrogen-bond acceptors (Lipinski definition) is 3. The number of hydrogen-bond donors (Lipinski definition) is 3. The van der Waals surface area contributed by atoms with Gasteiger partial charge in [-0.25, -0.2) is 0 Å². The fourth-order valence-electron chi connectivity index (χ4n) is 1.81. The molecule has 0 fully saturated rings. The van der Waals surface area contributed by atoms with E-state index < -0.39 is 0 Å². The Hall–Kier alpha value is -2.77. The van der Waals surface area contributed by atoms with Crippen molar-refractivity contribution >= 4 is 5.91 Å². The molecule has 2 aromatic carbocycles. The smallest absolute Gasteiger partial charge is 0.251 e. The van der Waals surface area contributed by atoms with Gasteiger partial charge in [-0.2, -0.15) is 0 Å². The second-order valence-corrected chi connectivity index (χ2v) is 4.44. The normalized spacial score (nSPS) is 9.57. The van der Waals surface area contributed by atoms with E-state index in [1.165, 1.54) is 12.1 Å². The third-order valence-corrected chi connectivity index (χ3v) is 2.84. The summed E-state index contributed by atoms with van der Waals surface area (Å²) in [5.74, 6) is 5.70. The van der Waals surface area contributed by atoms with Crippen molar-refractivity contribution in [3.63, 3.8) is 0 Å². The van der Waals surface area contributed by atoms with Gasteiger partial charge in [0.25, 0.3) is 5.91 Å². The van der Waals surface area contributed by atoms with Crippen molar-refractivity contribution in [3.8, 4) is 17.6 Å². The standard InChI is InChI=1S/C17H16N2O2/c18-10-2-5-13-3-1-4-14(11-13)12-19-17(21)15-6-8-16(20)9-7-15/h1,3-4,6-9,11,20H,10,12,18H2,(H,19,21). The van der Waals surface area contributed by atoms with Gasteiger partial charge in [-0.1, -0.05) is 24.0 Å². The van der Waals surface area contributed by atoms with Gasteiger partial charge in [0.15, 0.2) is 0 Å². The molecule has 0 radical (unpaired) electrons. The summed E-state index contributed by atoms with van der Waals surface area (Å²) in [6, 6.07) is 13.7. The molecular weight excluding hydrogens is 264 g/mol. The molecule has 0 aliphatic heterocycles. The highest BCUT2D eigenvalue weighted by Crippen LogP contribution is 2.10. The van der Waals surface area contributed by atoms with Crippen LogP contribution < -0.4 is 11.1 Å². The lowest BCUT2D eigenvalue weighted by molar-refractivity contribution is 0.0951. The number of nitrogens with one attached hydrogen (secondary N) is 1. The maximum absolute atomic E-state index is 11.9. The first-order valence-corrected chi connectivity index (χ1v) is 6.54. The van der Waals surface area contributed by atoms with E-state index in [9.17, 15) is 9.90 Å². The van der Waals surface area contributed by atoms with Gasteiger partial charge >= 0.3 is 0 Å². The molecule has 21 heavy (non-hydrogen) atoms. The fourth-order valence-corrected chi connectivity index (χ4v) is 1.81. The minimum absolute atomic E-state index is 0.137. The average Bonchev–Trinajstić information content (AvgIpc) is 2.52. The third kappa shape index (κ3) is 4.37. The molecule has 4 nitrogen and oxygen atoms in total. The maximum atomic E-state index is 11.9. The van der Waals surface area contributed by atoms with Gasteiger partial charge < -0.3 is 16.2 Å². The molecule has 4 heteroatoms. The summed E-state index contributed by atoms with van der Waals surface area (Å²) >= 11 is 0. The molecule has 2 aromatic rings. The van der Waals surface area contributed by atoms with Crippen molar-refractivity contribution in [2.75, 3.05) is 6.54 Å². The van der Waals surface area contributed by atoms with Gasteiger partial charge in [-0.3, -0.25) is 4.79 Å². The lowest BCUT2D eigenvalue weighted by Gasteiger charge is -2.06. The lowest BCUT2D eigenvalue weighted by Crippen LogP contribution is -2.22. The van der Waals surface area contributed by atoms with Crippen LogP contribution >= 0.6 is 0 Å². The van der Waals surface area contributed by atoms with Crippen molar-refractivity contribution in [1.29, 1.82) is 0 Å². The van der Waals surface area contributed by atoms with Crippen LogP contribution in [0.5, 0.6) is 5.75 Å². The largest absolute Gasteiger partial charge is 0.508 e. The Morgan fingerprint density at radius 2 is 1.95 bits per heavy atom. The zero-order chi connectivity index (χ0) is 15.1. The summed E-state index contributed by atoms with van der Waals surface area (Å²) in [7, 11) is 0. The molecule has 0 aliphatic rings. The zero-order valence-corrected chi connectivity index (χ0v) is 11.5. The van der Waals surface area contributed by atoms with Gasteiger partial charge in [-0.15, -0.1) is 0 Å². The van der Waals surface area contributed by atoms with Gasteiger partial charge in [0.1, 0.15) is 5.75 Å². The molecule has 0 saturated heterocycles. The molecule has 0 heterocycles. The Morgan fingerprint density at radius 1 is 1.19 bits per heavy atom. The number of carbonyl (C=O) groups is 1. The van der Waals surface area contributed by atoms with Crippen LogP contribution in [-0.4, -0.2) is 17.6 Å². The highest BCUT2D eigenvalue weighted by molar-refractivity contribution is 5.94. The summed E-state index contributed by atoms with van der Waals surface area (Å²) in [5.41, 5.74) is 7.68. The van der Waals surface area contributed by atoms with E-state index >= 15 is 0 Å². The van der Waals surface area contributed by atoms with E-state index in [0.29, 0.717) is 18.7 Å². The Balaban J connectivity index is 1.99. The maximum Gasteiger partial charge on any atom is 0.251 e. The van der Waals surface area contributed by atoms with Crippen molar-refractivity contribution in [2.24, 2.45) is 5.73 Å². The molecule has 0 aromatic heterocycles. The summed E-state index contributed by atoms with van der Waals surface area (Å²) < 4.78 is 0. The van der Waals surface area contributed by atoms with Crippen molar-refractivity contribution in [3.05, 3.63) is 65.2 Å². The number of benzene rings is 2. The van der Waals surface area contributed by atoms with E-state index in [0.717, 1.165) is 11.1 Å². The summed E-state index contributed by atoms with van der Waals surface area (Å²) in [4.78, 5) is 11.9. The Morgan fingerprint density at radius 3 is 2.67 bits per heavy atom. The highest BCUT2D eigenvalue weighted by atomic mass is 16.3. The minimum atomic E-state index is -0.187. The van der Waals surface area contributed by atoms with Crippen LogP contribution in [0.3, 0.4) is 0 Å².